The quantitative estimate of drug-likeness (QED) is 0.645. The number of halogens is 3. The number of hydrogen-bond acceptors (Lipinski definition) is 4. The Kier molecular flexibility index (Phi) is 5.38. The summed E-state index contributed by atoms with van der Waals surface area (Å²) in [7, 11) is 4.34. The van der Waals surface area contributed by atoms with Crippen LogP contribution in [-0.4, -0.2) is 24.0 Å². The van der Waals surface area contributed by atoms with Crippen molar-refractivity contribution in [2.45, 2.75) is 6.92 Å². The Labute approximate surface area is 165 Å². The van der Waals surface area contributed by atoms with E-state index in [1.807, 2.05) is 0 Å². The minimum absolute atomic E-state index is 0.0240. The maximum Gasteiger partial charge on any atom is 0.270 e. The summed E-state index contributed by atoms with van der Waals surface area (Å²) in [4.78, 5) is 12.5. The smallest absolute Gasteiger partial charge is 0.270 e. The average molecular weight is 407 g/mol. The first-order chi connectivity index (χ1) is 13.3. The SMILES string of the molecule is COc1cc(OC)c(Cl)c(-c2nn(C)c(=O)c(C)c2-c2c(F)cccc2F)c1. The van der Waals surface area contributed by atoms with Crippen molar-refractivity contribution in [2.24, 2.45) is 7.05 Å². The van der Waals surface area contributed by atoms with Gasteiger partial charge in [-0.3, -0.25) is 4.79 Å². The van der Waals surface area contributed by atoms with Gasteiger partial charge in [0.1, 0.15) is 28.8 Å². The van der Waals surface area contributed by atoms with Crippen molar-refractivity contribution >= 4 is 11.6 Å². The van der Waals surface area contributed by atoms with Gasteiger partial charge in [0.15, 0.2) is 0 Å². The molecule has 8 heteroatoms. The van der Waals surface area contributed by atoms with Crippen molar-refractivity contribution in [3.05, 3.63) is 62.9 Å². The first kappa shape index (κ1) is 19.8. The van der Waals surface area contributed by atoms with Gasteiger partial charge in [0.25, 0.3) is 5.56 Å². The zero-order chi connectivity index (χ0) is 20.6. The molecular formula is C20H17ClF2N2O3. The van der Waals surface area contributed by atoms with Crippen LogP contribution >= 0.6 is 11.6 Å². The second-order valence-corrected chi connectivity index (χ2v) is 6.44. The van der Waals surface area contributed by atoms with Gasteiger partial charge in [0, 0.05) is 29.8 Å². The standard InChI is InChI=1S/C20H17ClF2N2O3/c1-10-16(17-13(22)6-5-7-14(17)23)19(24-25(2)20(10)26)12-8-11(27-3)9-15(28-4)18(12)21/h5-9H,1-4H3. The summed E-state index contributed by atoms with van der Waals surface area (Å²) in [5.41, 5.74) is -0.226. The van der Waals surface area contributed by atoms with Crippen molar-refractivity contribution < 1.29 is 18.3 Å². The normalized spacial score (nSPS) is 10.8. The fraction of sp³-hybridized carbons (Fsp3) is 0.200. The molecular weight excluding hydrogens is 390 g/mol. The summed E-state index contributed by atoms with van der Waals surface area (Å²) in [6, 6.07) is 6.63. The number of rotatable bonds is 4. The van der Waals surface area contributed by atoms with E-state index < -0.39 is 17.2 Å². The van der Waals surface area contributed by atoms with E-state index in [1.54, 1.807) is 12.1 Å². The molecule has 0 fully saturated rings. The molecule has 0 amide bonds. The van der Waals surface area contributed by atoms with Crippen LogP contribution in [0.5, 0.6) is 11.5 Å². The van der Waals surface area contributed by atoms with Gasteiger partial charge in [-0.25, -0.2) is 13.5 Å². The summed E-state index contributed by atoms with van der Waals surface area (Å²) in [6.45, 7) is 1.49. The molecule has 0 aliphatic carbocycles. The second-order valence-electron chi connectivity index (χ2n) is 6.07. The molecule has 2 aromatic carbocycles. The Hall–Kier alpha value is -2.93. The summed E-state index contributed by atoms with van der Waals surface area (Å²) >= 11 is 6.46. The maximum absolute atomic E-state index is 14.6. The number of ether oxygens (including phenoxy) is 2. The molecule has 0 radical (unpaired) electrons. The third-order valence-corrected chi connectivity index (χ3v) is 4.80. The predicted octanol–water partition coefficient (Wildman–Crippen LogP) is 4.37. The summed E-state index contributed by atoms with van der Waals surface area (Å²) in [5.74, 6) is -0.926. The van der Waals surface area contributed by atoms with Gasteiger partial charge in [-0.1, -0.05) is 17.7 Å². The lowest BCUT2D eigenvalue weighted by Crippen LogP contribution is -2.24. The molecule has 0 aliphatic rings. The molecule has 0 saturated heterocycles. The lowest BCUT2D eigenvalue weighted by molar-refractivity contribution is 0.395. The molecule has 3 aromatic rings. The molecule has 0 N–H and O–H groups in total. The van der Waals surface area contributed by atoms with E-state index in [0.717, 1.165) is 16.8 Å². The number of methoxy groups -OCH3 is 2. The number of benzene rings is 2. The van der Waals surface area contributed by atoms with Crippen molar-refractivity contribution in [3.8, 4) is 33.9 Å². The molecule has 146 valence electrons. The molecule has 5 nitrogen and oxygen atoms in total. The van der Waals surface area contributed by atoms with E-state index >= 15 is 0 Å². The molecule has 0 saturated carbocycles. The van der Waals surface area contributed by atoms with Crippen LogP contribution in [0.4, 0.5) is 8.78 Å². The molecule has 3 rings (SSSR count). The highest BCUT2D eigenvalue weighted by Gasteiger charge is 2.25. The van der Waals surface area contributed by atoms with E-state index in [2.05, 4.69) is 5.10 Å². The molecule has 0 unspecified atom stereocenters. The fourth-order valence-electron chi connectivity index (χ4n) is 3.02. The number of hydrogen-bond donors (Lipinski definition) is 0. The van der Waals surface area contributed by atoms with Crippen molar-refractivity contribution in [2.75, 3.05) is 14.2 Å². The minimum Gasteiger partial charge on any atom is -0.497 e. The third-order valence-electron chi connectivity index (χ3n) is 4.41. The average Bonchev–Trinajstić information content (AvgIpc) is 2.67. The van der Waals surface area contributed by atoms with Crippen LogP contribution in [0, 0.1) is 18.6 Å². The fourth-order valence-corrected chi connectivity index (χ4v) is 3.29. The lowest BCUT2D eigenvalue weighted by Gasteiger charge is -2.17. The van der Waals surface area contributed by atoms with Crippen molar-refractivity contribution in [1.82, 2.24) is 9.78 Å². The summed E-state index contributed by atoms with van der Waals surface area (Å²) in [5, 5.41) is 4.42. The maximum atomic E-state index is 14.6. The van der Waals surface area contributed by atoms with Crippen molar-refractivity contribution in [1.29, 1.82) is 0 Å². The molecule has 0 spiro atoms. The molecule has 28 heavy (non-hydrogen) atoms. The van der Waals surface area contributed by atoms with E-state index in [4.69, 9.17) is 21.1 Å². The van der Waals surface area contributed by atoms with Crippen LogP contribution < -0.4 is 15.0 Å². The molecule has 0 bridgehead atoms. The van der Waals surface area contributed by atoms with Crippen LogP contribution in [0.2, 0.25) is 5.02 Å². The highest BCUT2D eigenvalue weighted by atomic mass is 35.5. The van der Waals surface area contributed by atoms with Crippen LogP contribution in [0.15, 0.2) is 35.1 Å². The van der Waals surface area contributed by atoms with Gasteiger partial charge in [-0.15, -0.1) is 0 Å². The Morgan fingerprint density at radius 2 is 1.71 bits per heavy atom. The Balaban J connectivity index is 2.49. The predicted molar refractivity (Wildman–Crippen MR) is 103 cm³/mol. The monoisotopic (exact) mass is 406 g/mol. The largest absolute Gasteiger partial charge is 0.497 e. The van der Waals surface area contributed by atoms with E-state index in [0.29, 0.717) is 17.1 Å². The van der Waals surface area contributed by atoms with Crippen LogP contribution in [0.3, 0.4) is 0 Å². The zero-order valence-corrected chi connectivity index (χ0v) is 16.4. The van der Waals surface area contributed by atoms with Crippen LogP contribution in [0.1, 0.15) is 5.56 Å². The number of nitrogens with zero attached hydrogens (tertiary/aromatic N) is 2. The molecule has 0 atom stereocenters. The zero-order valence-electron chi connectivity index (χ0n) is 15.6. The molecule has 1 aromatic heterocycles. The topological polar surface area (TPSA) is 53.4 Å². The van der Waals surface area contributed by atoms with Crippen LogP contribution in [0.25, 0.3) is 22.4 Å². The van der Waals surface area contributed by atoms with E-state index in [1.165, 1.54) is 34.3 Å². The first-order valence-corrected chi connectivity index (χ1v) is 8.62. The Morgan fingerprint density at radius 1 is 1.07 bits per heavy atom. The molecule has 0 aliphatic heterocycles. The van der Waals surface area contributed by atoms with Gasteiger partial charge in [-0.2, -0.15) is 5.10 Å². The van der Waals surface area contributed by atoms with Gasteiger partial charge in [0.2, 0.25) is 0 Å². The summed E-state index contributed by atoms with van der Waals surface area (Å²) < 4.78 is 40.8. The Bertz CT molecular complexity index is 1110. The second kappa shape index (κ2) is 7.59. The molecule has 1 heterocycles. The van der Waals surface area contributed by atoms with Crippen molar-refractivity contribution in [3.63, 3.8) is 0 Å². The van der Waals surface area contributed by atoms with Gasteiger partial charge >= 0.3 is 0 Å². The van der Waals surface area contributed by atoms with E-state index in [9.17, 15) is 13.6 Å². The van der Waals surface area contributed by atoms with E-state index in [-0.39, 0.29) is 27.4 Å². The summed E-state index contributed by atoms with van der Waals surface area (Å²) in [6.07, 6.45) is 0. The third kappa shape index (κ3) is 3.22. The van der Waals surface area contributed by atoms with Gasteiger partial charge in [0.05, 0.1) is 24.8 Å². The highest BCUT2D eigenvalue weighted by molar-refractivity contribution is 6.35. The lowest BCUT2D eigenvalue weighted by atomic mass is 9.95. The highest BCUT2D eigenvalue weighted by Crippen LogP contribution is 2.43. The number of aryl methyl sites for hydroxylation is 1. The number of aromatic nitrogens is 2. The Morgan fingerprint density at radius 3 is 2.29 bits per heavy atom. The first-order valence-electron chi connectivity index (χ1n) is 8.24. The minimum atomic E-state index is -0.814. The van der Waals surface area contributed by atoms with Gasteiger partial charge in [-0.05, 0) is 25.1 Å². The van der Waals surface area contributed by atoms with Crippen LogP contribution in [-0.2, 0) is 7.05 Å². The van der Waals surface area contributed by atoms with Gasteiger partial charge < -0.3 is 9.47 Å².